The third-order valence-corrected chi connectivity index (χ3v) is 5.30. The van der Waals surface area contributed by atoms with E-state index in [0.717, 1.165) is 25.9 Å². The molecule has 0 radical (unpaired) electrons. The summed E-state index contributed by atoms with van der Waals surface area (Å²) < 4.78 is 10.5. The zero-order valence-electron chi connectivity index (χ0n) is 15.4. The fraction of sp³-hybridized carbons (Fsp3) is 0.500. The number of carbonyl (C=O) groups excluding carboxylic acids is 1. The molecule has 0 aliphatic carbocycles. The Labute approximate surface area is 172 Å². The van der Waals surface area contributed by atoms with Gasteiger partial charge < -0.3 is 20.1 Å². The first kappa shape index (κ1) is 20.9. The van der Waals surface area contributed by atoms with Gasteiger partial charge in [0, 0.05) is 32.2 Å². The fourth-order valence-electron chi connectivity index (χ4n) is 3.05. The highest BCUT2D eigenvalue weighted by molar-refractivity contribution is 6.42. The first-order valence-corrected chi connectivity index (χ1v) is 9.77. The number of hydrogen-bond donors (Lipinski definition) is 2. The van der Waals surface area contributed by atoms with Crippen molar-refractivity contribution in [3.8, 4) is 5.75 Å². The van der Waals surface area contributed by atoms with Gasteiger partial charge in [-0.2, -0.15) is 0 Å². The molecule has 152 valence electrons. The Morgan fingerprint density at radius 2 is 2.11 bits per heavy atom. The molecule has 0 saturated carbocycles. The number of hydrogen-bond acceptors (Lipinski definition) is 7. The van der Waals surface area contributed by atoms with Crippen molar-refractivity contribution >= 4 is 29.1 Å². The van der Waals surface area contributed by atoms with E-state index in [1.54, 1.807) is 25.1 Å². The average Bonchev–Trinajstić information content (AvgIpc) is 3.10. The van der Waals surface area contributed by atoms with Crippen molar-refractivity contribution in [3.63, 3.8) is 0 Å². The molecule has 1 aliphatic heterocycles. The molecule has 1 saturated heterocycles. The smallest absolute Gasteiger partial charge is 0.275 e. The number of halogens is 2. The lowest BCUT2D eigenvalue weighted by Crippen LogP contribution is -2.45. The summed E-state index contributed by atoms with van der Waals surface area (Å²) >= 11 is 11.9. The van der Waals surface area contributed by atoms with Gasteiger partial charge in [-0.05, 0) is 37.1 Å². The van der Waals surface area contributed by atoms with Crippen molar-refractivity contribution in [1.29, 1.82) is 0 Å². The normalized spacial score (nSPS) is 16.7. The van der Waals surface area contributed by atoms with Crippen LogP contribution in [0.2, 0.25) is 10.0 Å². The van der Waals surface area contributed by atoms with E-state index in [9.17, 15) is 9.90 Å². The number of likely N-dealkylation sites (tertiary alicyclic amines) is 1. The quantitative estimate of drug-likeness (QED) is 0.697. The molecule has 8 nitrogen and oxygen atoms in total. The topological polar surface area (TPSA) is 101 Å². The number of rotatable bonds is 7. The summed E-state index contributed by atoms with van der Waals surface area (Å²) in [7, 11) is 0. The van der Waals surface area contributed by atoms with Gasteiger partial charge in [0.05, 0.1) is 16.1 Å². The molecule has 3 rings (SSSR count). The molecule has 1 fully saturated rings. The number of aliphatic hydroxyl groups excluding tert-OH is 1. The van der Waals surface area contributed by atoms with Crippen molar-refractivity contribution in [3.05, 3.63) is 39.6 Å². The van der Waals surface area contributed by atoms with Crippen LogP contribution in [0.5, 0.6) is 5.75 Å². The Morgan fingerprint density at radius 3 is 2.75 bits per heavy atom. The first-order chi connectivity index (χ1) is 13.4. The van der Waals surface area contributed by atoms with Crippen LogP contribution < -0.4 is 10.1 Å². The number of β-amino-alcohol motifs (C(OH)–C–C–N with tert-alkyl or cyclic N) is 1. The van der Waals surface area contributed by atoms with Crippen LogP contribution in [0.1, 0.15) is 29.0 Å². The molecule has 2 N–H and O–H groups in total. The lowest BCUT2D eigenvalue weighted by Gasteiger charge is -2.33. The second kappa shape index (κ2) is 9.56. The van der Waals surface area contributed by atoms with Crippen LogP contribution in [0.3, 0.4) is 0 Å². The molecule has 10 heteroatoms. The molecule has 1 atom stereocenters. The summed E-state index contributed by atoms with van der Waals surface area (Å²) in [5.41, 5.74) is 0.545. The lowest BCUT2D eigenvalue weighted by atomic mass is 10.1. The summed E-state index contributed by atoms with van der Waals surface area (Å²) in [6, 6.07) is 5.24. The van der Waals surface area contributed by atoms with E-state index in [1.807, 2.05) is 0 Å². The summed E-state index contributed by atoms with van der Waals surface area (Å²) in [4.78, 5) is 14.1. The van der Waals surface area contributed by atoms with Gasteiger partial charge in [0.1, 0.15) is 17.5 Å². The van der Waals surface area contributed by atoms with Gasteiger partial charge in [0.25, 0.3) is 5.91 Å². The van der Waals surface area contributed by atoms with Crippen LogP contribution in [0, 0.1) is 6.92 Å². The Bertz CT molecular complexity index is 809. The summed E-state index contributed by atoms with van der Waals surface area (Å²) in [6.07, 6.45) is 1.08. The summed E-state index contributed by atoms with van der Waals surface area (Å²) in [5.74, 6) is 0.291. The molecule has 1 aliphatic rings. The molecule has 2 heterocycles. The third kappa shape index (κ3) is 5.57. The summed E-state index contributed by atoms with van der Waals surface area (Å²) in [6.45, 7) is 3.82. The highest BCUT2D eigenvalue weighted by Crippen LogP contribution is 2.28. The number of ether oxygens (including phenoxy) is 1. The van der Waals surface area contributed by atoms with Crippen LogP contribution in [-0.4, -0.2) is 64.6 Å². The maximum absolute atomic E-state index is 12.0. The number of aryl methyl sites for hydroxylation is 1. The van der Waals surface area contributed by atoms with Gasteiger partial charge in [-0.3, -0.25) is 4.79 Å². The van der Waals surface area contributed by atoms with Crippen molar-refractivity contribution in [2.45, 2.75) is 32.0 Å². The van der Waals surface area contributed by atoms with Gasteiger partial charge in [-0.1, -0.05) is 28.4 Å². The Hall–Kier alpha value is -1.87. The largest absolute Gasteiger partial charge is 0.490 e. The molecule has 2 aromatic rings. The Balaban J connectivity index is 1.38. The minimum absolute atomic E-state index is 0.0907. The van der Waals surface area contributed by atoms with E-state index in [0.29, 0.717) is 28.0 Å². The van der Waals surface area contributed by atoms with Crippen molar-refractivity contribution in [2.75, 3.05) is 26.2 Å². The molecular weight excluding hydrogens is 407 g/mol. The van der Waals surface area contributed by atoms with Crippen molar-refractivity contribution in [2.24, 2.45) is 0 Å². The second-order valence-corrected chi connectivity index (χ2v) is 7.57. The number of benzene rings is 1. The van der Waals surface area contributed by atoms with Gasteiger partial charge in [-0.15, -0.1) is 0 Å². The molecule has 1 unspecified atom stereocenters. The van der Waals surface area contributed by atoms with E-state index in [2.05, 4.69) is 25.2 Å². The van der Waals surface area contributed by atoms with Crippen LogP contribution in [0.4, 0.5) is 0 Å². The van der Waals surface area contributed by atoms with Crippen LogP contribution in [-0.2, 0) is 0 Å². The van der Waals surface area contributed by atoms with Gasteiger partial charge in [-0.25, -0.2) is 4.63 Å². The lowest BCUT2D eigenvalue weighted by molar-refractivity contribution is 0.0592. The SMILES string of the molecule is Cc1nonc1C(=O)NCC(O)CN1CCC(Oc2ccc(Cl)c(Cl)c2)CC1. The van der Waals surface area contributed by atoms with E-state index in [1.165, 1.54) is 0 Å². The zero-order chi connectivity index (χ0) is 20.1. The van der Waals surface area contributed by atoms with E-state index in [4.69, 9.17) is 27.9 Å². The number of nitrogens with one attached hydrogen (secondary N) is 1. The molecule has 1 aromatic carbocycles. The first-order valence-electron chi connectivity index (χ1n) is 9.02. The number of amides is 1. The number of nitrogens with zero attached hydrogens (tertiary/aromatic N) is 3. The number of aliphatic hydroxyl groups is 1. The molecule has 28 heavy (non-hydrogen) atoms. The van der Waals surface area contributed by atoms with E-state index < -0.39 is 12.0 Å². The number of piperidine rings is 1. The van der Waals surface area contributed by atoms with Gasteiger partial charge in [0.2, 0.25) is 0 Å². The van der Waals surface area contributed by atoms with Crippen LogP contribution in [0.15, 0.2) is 22.8 Å². The minimum Gasteiger partial charge on any atom is -0.490 e. The van der Waals surface area contributed by atoms with Crippen LogP contribution >= 0.6 is 23.2 Å². The highest BCUT2D eigenvalue weighted by atomic mass is 35.5. The van der Waals surface area contributed by atoms with Gasteiger partial charge in [0.15, 0.2) is 5.69 Å². The minimum atomic E-state index is -0.684. The van der Waals surface area contributed by atoms with E-state index in [-0.39, 0.29) is 18.3 Å². The predicted octanol–water partition coefficient (Wildman–Crippen LogP) is 2.32. The Kier molecular flexibility index (Phi) is 7.12. The standard InChI is InChI=1S/C18H22Cl2N4O4/c1-11-17(23-28-22-11)18(26)21-9-12(25)10-24-6-4-13(5-7-24)27-14-2-3-15(19)16(20)8-14/h2-3,8,12-13,25H,4-7,9-10H2,1H3,(H,21,26). The predicted molar refractivity (Wildman–Crippen MR) is 104 cm³/mol. The third-order valence-electron chi connectivity index (χ3n) is 4.56. The average molecular weight is 429 g/mol. The van der Waals surface area contributed by atoms with Crippen molar-refractivity contribution < 1.29 is 19.3 Å². The number of aromatic nitrogens is 2. The molecule has 0 spiro atoms. The van der Waals surface area contributed by atoms with Crippen molar-refractivity contribution in [1.82, 2.24) is 20.5 Å². The molecule has 1 amide bonds. The van der Waals surface area contributed by atoms with Crippen LogP contribution in [0.25, 0.3) is 0 Å². The Morgan fingerprint density at radius 1 is 1.36 bits per heavy atom. The maximum atomic E-state index is 12.0. The highest BCUT2D eigenvalue weighted by Gasteiger charge is 2.23. The van der Waals surface area contributed by atoms with Gasteiger partial charge >= 0.3 is 0 Å². The van der Waals surface area contributed by atoms with E-state index >= 15 is 0 Å². The fourth-order valence-corrected chi connectivity index (χ4v) is 3.33. The maximum Gasteiger partial charge on any atom is 0.275 e. The second-order valence-electron chi connectivity index (χ2n) is 6.76. The number of carbonyl (C=O) groups is 1. The molecule has 0 bridgehead atoms. The molecule has 1 aromatic heterocycles. The monoisotopic (exact) mass is 428 g/mol. The summed E-state index contributed by atoms with van der Waals surface area (Å²) in [5, 5.41) is 20.9. The zero-order valence-corrected chi connectivity index (χ0v) is 16.9. The molecular formula is C18H22Cl2N4O4.